The second-order valence-electron chi connectivity index (χ2n) is 1.96. The molecule has 51 valence electrons. The molecule has 3 heteroatoms. The van der Waals surface area contributed by atoms with E-state index < -0.39 is 6.29 Å². The van der Waals surface area contributed by atoms with Gasteiger partial charge in [-0.05, 0) is 0 Å². The van der Waals surface area contributed by atoms with Gasteiger partial charge in [-0.1, -0.05) is 29.5 Å². The zero-order chi connectivity index (χ0) is 7.56. The maximum Gasteiger partial charge on any atom is 0.178 e. The summed E-state index contributed by atoms with van der Waals surface area (Å²) < 4.78 is 0. The van der Waals surface area contributed by atoms with E-state index in [1.807, 2.05) is 6.07 Å². The number of hydrogen-bond acceptors (Lipinski definition) is 2. The molecule has 0 atom stereocenters. The molecule has 0 saturated heterocycles. The van der Waals surface area contributed by atoms with Gasteiger partial charge in [-0.3, -0.25) is 0 Å². The molecular weight excluding hydrogens is 144 g/mol. The smallest absolute Gasteiger partial charge is 0.178 e. The van der Waals surface area contributed by atoms with E-state index in [4.69, 9.17) is 10.2 Å². The standard InChI is InChI=1S/C7H7O2Si/c8-7(9)5-3-1-2-4-6(5)10/h1-4,7-9H. The number of hydrogen-bond donors (Lipinski definition) is 2. The summed E-state index contributed by atoms with van der Waals surface area (Å²) in [5.74, 6) is 0. The van der Waals surface area contributed by atoms with Gasteiger partial charge in [-0.25, -0.2) is 0 Å². The number of rotatable bonds is 1. The first-order valence-electron chi connectivity index (χ1n) is 2.88. The Hall–Kier alpha value is -0.643. The lowest BCUT2D eigenvalue weighted by molar-refractivity contribution is -0.0416. The second-order valence-corrected chi connectivity index (χ2v) is 2.50. The molecule has 0 fully saturated rings. The lowest BCUT2D eigenvalue weighted by Gasteiger charge is -2.05. The van der Waals surface area contributed by atoms with Gasteiger partial charge in [0, 0.05) is 5.56 Å². The van der Waals surface area contributed by atoms with Crippen LogP contribution in [0.15, 0.2) is 24.3 Å². The molecule has 0 aliphatic rings. The average molecular weight is 151 g/mol. The lowest BCUT2D eigenvalue weighted by atomic mass is 10.2. The first-order chi connectivity index (χ1) is 4.72. The molecule has 2 nitrogen and oxygen atoms in total. The highest BCUT2D eigenvalue weighted by Crippen LogP contribution is 2.03. The van der Waals surface area contributed by atoms with Crippen LogP contribution in [0.2, 0.25) is 0 Å². The van der Waals surface area contributed by atoms with Gasteiger partial charge in [0.15, 0.2) is 6.29 Å². The van der Waals surface area contributed by atoms with Crippen LogP contribution in [0.4, 0.5) is 0 Å². The van der Waals surface area contributed by atoms with Crippen LogP contribution in [0.1, 0.15) is 11.9 Å². The molecule has 0 amide bonds. The molecule has 0 aliphatic carbocycles. The largest absolute Gasteiger partial charge is 0.364 e. The third-order valence-electron chi connectivity index (χ3n) is 1.24. The molecule has 0 aliphatic heterocycles. The summed E-state index contributed by atoms with van der Waals surface area (Å²) >= 11 is 0. The molecule has 0 bridgehead atoms. The van der Waals surface area contributed by atoms with Crippen LogP contribution in [0, 0.1) is 0 Å². The van der Waals surface area contributed by atoms with E-state index in [1.54, 1.807) is 18.2 Å². The van der Waals surface area contributed by atoms with Crippen LogP contribution < -0.4 is 5.19 Å². The molecule has 1 aromatic carbocycles. The van der Waals surface area contributed by atoms with Crippen LogP contribution >= 0.6 is 0 Å². The first kappa shape index (κ1) is 7.46. The van der Waals surface area contributed by atoms with Crippen molar-refractivity contribution >= 4 is 15.4 Å². The van der Waals surface area contributed by atoms with Gasteiger partial charge in [-0.2, -0.15) is 0 Å². The zero-order valence-electron chi connectivity index (χ0n) is 5.28. The molecule has 0 aromatic heterocycles. The van der Waals surface area contributed by atoms with Gasteiger partial charge in [0.05, 0.1) is 10.2 Å². The molecule has 3 radical (unpaired) electrons. The van der Waals surface area contributed by atoms with Crippen molar-refractivity contribution in [3.8, 4) is 0 Å². The van der Waals surface area contributed by atoms with Gasteiger partial charge in [0.25, 0.3) is 0 Å². The third-order valence-corrected chi connectivity index (χ3v) is 1.69. The molecule has 0 spiro atoms. The maximum atomic E-state index is 8.73. The molecule has 0 heterocycles. The fraction of sp³-hybridized carbons (Fsp3) is 0.143. The van der Waals surface area contributed by atoms with Crippen molar-refractivity contribution in [2.24, 2.45) is 0 Å². The highest BCUT2D eigenvalue weighted by molar-refractivity contribution is 6.33. The summed E-state index contributed by atoms with van der Waals surface area (Å²) in [5.41, 5.74) is 0.485. The molecule has 1 aromatic rings. The maximum absolute atomic E-state index is 8.73. The van der Waals surface area contributed by atoms with E-state index in [0.29, 0.717) is 10.8 Å². The van der Waals surface area contributed by atoms with Crippen LogP contribution in [0.25, 0.3) is 0 Å². The summed E-state index contributed by atoms with van der Waals surface area (Å²) in [4.78, 5) is 0. The van der Waals surface area contributed by atoms with E-state index in [-0.39, 0.29) is 0 Å². The van der Waals surface area contributed by atoms with Crippen molar-refractivity contribution in [3.05, 3.63) is 29.8 Å². The van der Waals surface area contributed by atoms with E-state index >= 15 is 0 Å². The van der Waals surface area contributed by atoms with Gasteiger partial charge >= 0.3 is 0 Å². The summed E-state index contributed by atoms with van der Waals surface area (Å²) in [5, 5.41) is 18.2. The number of aliphatic hydroxyl groups excluding tert-OH is 1. The highest BCUT2D eigenvalue weighted by Gasteiger charge is 2.02. The first-order valence-corrected chi connectivity index (χ1v) is 3.38. The van der Waals surface area contributed by atoms with Crippen molar-refractivity contribution in [2.75, 3.05) is 0 Å². The number of benzene rings is 1. The Balaban J connectivity index is 3.03. The van der Waals surface area contributed by atoms with Crippen molar-refractivity contribution in [3.63, 3.8) is 0 Å². The van der Waals surface area contributed by atoms with Crippen LogP contribution in [-0.2, 0) is 0 Å². The Bertz CT molecular complexity index is 223. The topological polar surface area (TPSA) is 40.5 Å². The molecule has 10 heavy (non-hydrogen) atoms. The van der Waals surface area contributed by atoms with E-state index in [9.17, 15) is 0 Å². The fourth-order valence-electron chi connectivity index (χ4n) is 0.722. The van der Waals surface area contributed by atoms with Gasteiger partial charge in [0.2, 0.25) is 0 Å². The minimum absolute atomic E-state index is 0.485. The highest BCUT2D eigenvalue weighted by atomic mass is 28.1. The zero-order valence-corrected chi connectivity index (χ0v) is 6.28. The Morgan fingerprint density at radius 3 is 2.20 bits per heavy atom. The van der Waals surface area contributed by atoms with Gasteiger partial charge < -0.3 is 10.2 Å². The van der Waals surface area contributed by atoms with E-state index in [2.05, 4.69) is 10.2 Å². The van der Waals surface area contributed by atoms with Crippen molar-refractivity contribution in [2.45, 2.75) is 6.29 Å². The van der Waals surface area contributed by atoms with Crippen molar-refractivity contribution in [1.82, 2.24) is 0 Å². The van der Waals surface area contributed by atoms with Crippen molar-refractivity contribution in [1.29, 1.82) is 0 Å². The SMILES string of the molecule is OC(O)c1ccccc1[Si]. The monoisotopic (exact) mass is 151 g/mol. The second kappa shape index (κ2) is 2.96. The molecular formula is C7H7O2Si. The van der Waals surface area contributed by atoms with Crippen LogP contribution in [-0.4, -0.2) is 20.5 Å². The van der Waals surface area contributed by atoms with Crippen LogP contribution in [0.5, 0.6) is 0 Å². The molecule has 0 unspecified atom stereocenters. The van der Waals surface area contributed by atoms with Gasteiger partial charge in [-0.15, -0.1) is 0 Å². The van der Waals surface area contributed by atoms with E-state index in [0.717, 1.165) is 0 Å². The molecule has 2 N–H and O–H groups in total. The van der Waals surface area contributed by atoms with Crippen molar-refractivity contribution < 1.29 is 10.2 Å². The van der Waals surface area contributed by atoms with Crippen LogP contribution in [0.3, 0.4) is 0 Å². The lowest BCUT2D eigenvalue weighted by Crippen LogP contribution is -2.12. The Morgan fingerprint density at radius 1 is 1.20 bits per heavy atom. The predicted octanol–water partition coefficient (Wildman–Crippen LogP) is -0.536. The summed E-state index contributed by atoms with van der Waals surface area (Å²) in [7, 11) is 3.23. The molecule has 0 saturated carbocycles. The Kier molecular flexibility index (Phi) is 2.21. The summed E-state index contributed by atoms with van der Waals surface area (Å²) in [6.07, 6.45) is -1.39. The fourth-order valence-corrected chi connectivity index (χ4v) is 1.03. The minimum Gasteiger partial charge on any atom is -0.364 e. The predicted molar refractivity (Wildman–Crippen MR) is 39.0 cm³/mol. The Morgan fingerprint density at radius 2 is 1.80 bits per heavy atom. The number of aliphatic hydroxyl groups is 2. The van der Waals surface area contributed by atoms with Gasteiger partial charge in [0.1, 0.15) is 0 Å². The third kappa shape index (κ3) is 1.44. The summed E-state index contributed by atoms with van der Waals surface area (Å²) in [6, 6.07) is 6.96. The average Bonchev–Trinajstić information content (AvgIpc) is 1.88. The summed E-state index contributed by atoms with van der Waals surface area (Å²) in [6.45, 7) is 0. The minimum atomic E-state index is -1.39. The van der Waals surface area contributed by atoms with E-state index in [1.165, 1.54) is 0 Å². The quantitative estimate of drug-likeness (QED) is 0.418. The molecule has 1 rings (SSSR count). The normalized spacial score (nSPS) is 10.4. The Labute approximate surface area is 62.6 Å².